The zero-order valence-electron chi connectivity index (χ0n) is 25.3. The molecule has 3 aromatic rings. The highest BCUT2D eigenvalue weighted by Crippen LogP contribution is 2.42. The van der Waals surface area contributed by atoms with Gasteiger partial charge in [-0.2, -0.15) is 0 Å². The highest BCUT2D eigenvalue weighted by Gasteiger charge is 2.55. The number of hydrogen-bond acceptors (Lipinski definition) is 14. The predicted molar refractivity (Wildman–Crippen MR) is 169 cm³/mol. The number of aliphatic carboxylic acids is 1. The van der Waals surface area contributed by atoms with Crippen molar-refractivity contribution in [3.8, 4) is 0 Å². The Bertz CT molecular complexity index is 1800. The number of aliphatic hydroxyl groups excluding tert-OH is 1. The van der Waals surface area contributed by atoms with Gasteiger partial charge in [-0.05, 0) is 53.8 Å². The predicted octanol–water partition coefficient (Wildman–Crippen LogP) is -0.241. The number of rotatable bonds is 11. The van der Waals surface area contributed by atoms with Crippen LogP contribution in [-0.2, 0) is 21.4 Å². The normalized spacial score (nSPS) is 22.8. The number of fused-ring (bicyclic) bond motifs is 1. The average molecular weight is 702 g/mol. The lowest BCUT2D eigenvalue weighted by Gasteiger charge is -2.49. The van der Waals surface area contributed by atoms with Crippen LogP contribution in [0.3, 0.4) is 0 Å². The second-order valence-electron chi connectivity index (χ2n) is 11.2. The van der Waals surface area contributed by atoms with Crippen molar-refractivity contribution >= 4 is 59.0 Å². The van der Waals surface area contributed by atoms with E-state index in [4.69, 9.17) is 10.2 Å². The first-order valence-corrected chi connectivity index (χ1v) is 16.8. The quantitative estimate of drug-likeness (QED) is 0.111. The number of amides is 4. The van der Waals surface area contributed by atoms with Crippen molar-refractivity contribution in [1.29, 1.82) is 0 Å². The molecule has 254 valence electrons. The fourth-order valence-electron chi connectivity index (χ4n) is 5.77. The van der Waals surface area contributed by atoms with Gasteiger partial charge in [0.25, 0.3) is 17.4 Å². The Morgan fingerprint density at radius 1 is 1.27 bits per heavy atom. The molecule has 2 unspecified atom stereocenters. The molecule has 5 heterocycles. The Kier molecular flexibility index (Phi) is 9.42. The lowest BCUT2D eigenvalue weighted by Crippen LogP contribution is -2.71. The van der Waals surface area contributed by atoms with Gasteiger partial charge in [-0.1, -0.05) is 11.8 Å². The summed E-state index contributed by atoms with van der Waals surface area (Å²) < 4.78 is 6.90. The third kappa shape index (κ3) is 6.47. The second kappa shape index (κ2) is 13.7. The molecule has 1 saturated heterocycles. The summed E-state index contributed by atoms with van der Waals surface area (Å²) in [6.07, 6.45) is 4.54. The van der Waals surface area contributed by atoms with Crippen LogP contribution in [0, 0.1) is 0 Å². The number of furan rings is 1. The summed E-state index contributed by atoms with van der Waals surface area (Å²) in [6.45, 7) is 0. The Hall–Kier alpha value is -4.89. The van der Waals surface area contributed by atoms with Gasteiger partial charge < -0.3 is 31.0 Å². The molecule has 1 saturated carbocycles. The smallest absolute Gasteiger partial charge is 0.352 e. The van der Waals surface area contributed by atoms with E-state index >= 15 is 0 Å². The third-order valence-electron chi connectivity index (χ3n) is 8.14. The molecule has 48 heavy (non-hydrogen) atoms. The van der Waals surface area contributed by atoms with E-state index in [1.165, 1.54) is 46.6 Å². The van der Waals surface area contributed by atoms with E-state index in [0.717, 1.165) is 16.0 Å². The van der Waals surface area contributed by atoms with E-state index in [2.05, 4.69) is 36.1 Å². The van der Waals surface area contributed by atoms with Gasteiger partial charge in [0, 0.05) is 24.6 Å². The number of H-pyrrole nitrogens is 1. The fourth-order valence-corrected chi connectivity index (χ4v) is 8.11. The lowest BCUT2D eigenvalue weighted by molar-refractivity contribution is -0.150. The molecule has 0 bridgehead atoms. The number of nitrogens with one attached hydrogen (secondary N) is 3. The van der Waals surface area contributed by atoms with Crippen LogP contribution in [-0.4, -0.2) is 104 Å². The molecule has 7 N–H and O–H groups in total. The third-order valence-corrected chi connectivity index (χ3v) is 10.6. The van der Waals surface area contributed by atoms with Crippen molar-refractivity contribution in [2.45, 2.75) is 60.4 Å². The number of carbonyl (C=O) groups is 4. The molecular formula is C27H31N11O8S2. The van der Waals surface area contributed by atoms with Gasteiger partial charge >= 0.3 is 12.0 Å². The highest BCUT2D eigenvalue weighted by molar-refractivity contribution is 8.01. The van der Waals surface area contributed by atoms with Crippen molar-refractivity contribution in [3.05, 3.63) is 52.0 Å². The van der Waals surface area contributed by atoms with Crippen molar-refractivity contribution in [1.82, 2.24) is 40.4 Å². The minimum Gasteiger partial charge on any atom is -0.477 e. The second-order valence-corrected chi connectivity index (χ2v) is 13.3. The number of tetrazole rings is 1. The van der Waals surface area contributed by atoms with Crippen LogP contribution in [0.1, 0.15) is 37.5 Å². The van der Waals surface area contributed by atoms with Crippen LogP contribution >= 0.6 is 23.5 Å². The van der Waals surface area contributed by atoms with Crippen molar-refractivity contribution < 1.29 is 33.8 Å². The van der Waals surface area contributed by atoms with E-state index < -0.39 is 46.8 Å². The molecule has 1 aliphatic carbocycles. The Morgan fingerprint density at radius 3 is 2.67 bits per heavy atom. The summed E-state index contributed by atoms with van der Waals surface area (Å²) in [5, 5.41) is 36.4. The SMILES string of the molecule is Cn1nnnc1SCC1=C(C(=O)O)N2C(=O)C(NC(=O)C(c3ccco3)N(C(N)=O)c3cnc(NC4CCC(O)CC4)[nH]c3=O)[C@@H]2SC1. The average Bonchev–Trinajstić information content (AvgIpc) is 3.74. The first-order chi connectivity index (χ1) is 23.0. The molecule has 3 aliphatic rings. The molecule has 4 amide bonds. The maximum Gasteiger partial charge on any atom is 0.352 e. The van der Waals surface area contributed by atoms with Crippen molar-refractivity contribution in [2.75, 3.05) is 21.7 Å². The van der Waals surface area contributed by atoms with E-state index in [1.54, 1.807) is 7.05 Å². The van der Waals surface area contributed by atoms with E-state index in [9.17, 15) is 34.2 Å². The Morgan fingerprint density at radius 2 is 2.04 bits per heavy atom. The molecule has 3 aromatic heterocycles. The van der Waals surface area contributed by atoms with Crippen molar-refractivity contribution in [3.63, 3.8) is 0 Å². The maximum absolute atomic E-state index is 13.9. The largest absolute Gasteiger partial charge is 0.477 e. The van der Waals surface area contributed by atoms with Crippen LogP contribution in [0.4, 0.5) is 16.4 Å². The van der Waals surface area contributed by atoms with E-state index in [0.29, 0.717) is 36.4 Å². The van der Waals surface area contributed by atoms with Crippen molar-refractivity contribution in [2.24, 2.45) is 12.8 Å². The number of primary amides is 1. The Labute approximate surface area is 279 Å². The number of nitrogens with zero attached hydrogens (tertiary/aromatic N) is 7. The number of aryl methyl sites for hydroxylation is 1. The summed E-state index contributed by atoms with van der Waals surface area (Å²) in [4.78, 5) is 74.3. The zero-order chi connectivity index (χ0) is 34.1. The number of hydrogen-bond donors (Lipinski definition) is 6. The number of aromatic amines is 1. The van der Waals surface area contributed by atoms with Crippen LogP contribution < -0.4 is 26.8 Å². The molecule has 0 spiro atoms. The zero-order valence-corrected chi connectivity index (χ0v) is 26.9. The highest BCUT2D eigenvalue weighted by atomic mass is 32.2. The van der Waals surface area contributed by atoms with Gasteiger partial charge in [0.2, 0.25) is 11.1 Å². The monoisotopic (exact) mass is 701 g/mol. The topological polar surface area (TPSA) is 268 Å². The molecular weight excluding hydrogens is 671 g/mol. The lowest BCUT2D eigenvalue weighted by atomic mass is 9.93. The molecule has 2 aliphatic heterocycles. The van der Waals surface area contributed by atoms with Gasteiger partial charge in [0.1, 0.15) is 28.6 Å². The summed E-state index contributed by atoms with van der Waals surface area (Å²) in [7, 11) is 1.65. The molecule has 2 fully saturated rings. The number of anilines is 2. The standard InChI is InChI=1S/C27H31N11O8S2/c1-36-27(33-34-35-36)48-11-12-10-47-23-17(22(42)38(23)18(12)24(43)44)31-21(41)19(16-3-2-8-46-16)37(25(28)45)15-9-29-26(32-20(15)40)30-13-4-6-14(39)7-5-13/h2-3,8-9,13-14,17,19,23,39H,4-7,10-11H2,1H3,(H2,28,45)(H,31,41)(H,43,44)(H2,29,30,32,40)/t13?,14?,17?,19?,23-/m0/s1. The van der Waals surface area contributed by atoms with E-state index in [-0.39, 0.29) is 46.7 Å². The molecule has 0 aromatic carbocycles. The number of carboxylic acid groups (broad SMARTS) is 1. The minimum atomic E-state index is -1.63. The van der Waals surface area contributed by atoms with Gasteiger partial charge in [-0.25, -0.2) is 19.3 Å². The van der Waals surface area contributed by atoms with Crippen LogP contribution in [0.5, 0.6) is 0 Å². The van der Waals surface area contributed by atoms with Gasteiger partial charge in [-0.3, -0.25) is 29.2 Å². The number of urea groups is 1. The molecule has 0 radical (unpaired) electrons. The summed E-state index contributed by atoms with van der Waals surface area (Å²) >= 11 is 2.48. The van der Waals surface area contributed by atoms with Crippen LogP contribution in [0.25, 0.3) is 0 Å². The van der Waals surface area contributed by atoms with Crippen LogP contribution in [0.15, 0.2) is 50.2 Å². The number of β-lactam (4-membered cyclic amide) rings is 1. The van der Waals surface area contributed by atoms with Gasteiger partial charge in [0.15, 0.2) is 6.04 Å². The number of carboxylic acids is 1. The van der Waals surface area contributed by atoms with E-state index in [1.807, 2.05) is 0 Å². The molecule has 3 atom stereocenters. The van der Waals surface area contributed by atoms with Crippen LogP contribution in [0.2, 0.25) is 0 Å². The first kappa shape index (κ1) is 33.0. The maximum atomic E-state index is 13.9. The summed E-state index contributed by atoms with van der Waals surface area (Å²) in [6, 6.07) is -1.12. The fraction of sp³-hybridized carbons (Fsp3) is 0.444. The van der Waals surface area contributed by atoms with Gasteiger partial charge in [-0.15, -0.1) is 16.9 Å². The summed E-state index contributed by atoms with van der Waals surface area (Å²) in [5.41, 5.74) is 4.87. The van der Waals surface area contributed by atoms with Gasteiger partial charge in [0.05, 0.1) is 18.6 Å². The minimum absolute atomic E-state index is 0.0323. The number of aliphatic hydroxyl groups is 1. The number of aromatic nitrogens is 6. The summed E-state index contributed by atoms with van der Waals surface area (Å²) in [5.74, 6) is -2.33. The molecule has 21 heteroatoms. The Balaban J connectivity index is 1.21. The number of thioether (sulfide) groups is 2. The number of carbonyl (C=O) groups excluding carboxylic acids is 3. The molecule has 6 rings (SSSR count). The molecule has 19 nitrogen and oxygen atoms in total. The first-order valence-electron chi connectivity index (χ1n) is 14.7. The number of nitrogens with two attached hydrogens (primary N) is 1.